The van der Waals surface area contributed by atoms with Crippen molar-refractivity contribution in [3.8, 4) is 0 Å². The van der Waals surface area contributed by atoms with Crippen LogP contribution in [0.4, 0.5) is 0 Å². The summed E-state index contributed by atoms with van der Waals surface area (Å²) in [5.41, 5.74) is 1.31. The number of hydrogen-bond donors (Lipinski definition) is 3. The number of fused-ring (bicyclic) bond motifs is 1. The minimum absolute atomic E-state index is 0.165. The van der Waals surface area contributed by atoms with Crippen LogP contribution in [0.2, 0.25) is 0 Å². The molecule has 0 radical (unpaired) electrons. The Labute approximate surface area is 150 Å². The molecule has 1 aromatic heterocycles. The first kappa shape index (κ1) is 18.4. The number of rotatable bonds is 6. The summed E-state index contributed by atoms with van der Waals surface area (Å²) in [6.07, 6.45) is 4.61. The Morgan fingerprint density at radius 1 is 1.27 bits per heavy atom. The Balaban J connectivity index is 2.15. The van der Waals surface area contributed by atoms with Gasteiger partial charge < -0.3 is 19.7 Å². The van der Waals surface area contributed by atoms with Gasteiger partial charge in [0.05, 0.1) is 24.0 Å². The molecule has 2 aromatic rings. The second kappa shape index (κ2) is 7.85. The number of benzene rings is 1. The van der Waals surface area contributed by atoms with Gasteiger partial charge in [0.2, 0.25) is 0 Å². The fraction of sp³-hybridized carbons (Fsp3) is 0.400. The van der Waals surface area contributed by atoms with Crippen molar-refractivity contribution >= 4 is 22.5 Å². The van der Waals surface area contributed by atoms with Crippen LogP contribution in [0, 0.1) is 0 Å². The van der Waals surface area contributed by atoms with E-state index in [1.165, 1.54) is 6.07 Å². The van der Waals surface area contributed by atoms with E-state index >= 15 is 0 Å². The number of aliphatic hydroxyl groups is 2. The van der Waals surface area contributed by atoms with Crippen molar-refractivity contribution in [2.75, 3.05) is 6.61 Å². The van der Waals surface area contributed by atoms with E-state index < -0.39 is 24.6 Å². The van der Waals surface area contributed by atoms with Gasteiger partial charge in [-0.25, -0.2) is 0 Å². The van der Waals surface area contributed by atoms with E-state index in [9.17, 15) is 19.8 Å². The molecule has 1 aliphatic carbocycles. The maximum atomic E-state index is 12.5. The molecule has 6 heteroatoms. The number of carboxylic acids is 1. The van der Waals surface area contributed by atoms with Crippen LogP contribution in [0.5, 0.6) is 0 Å². The monoisotopic (exact) mass is 358 g/mol. The van der Waals surface area contributed by atoms with E-state index in [1.54, 1.807) is 18.2 Å². The third-order valence-corrected chi connectivity index (χ3v) is 4.78. The minimum Gasteiger partial charge on any atom is -0.481 e. The van der Waals surface area contributed by atoms with Gasteiger partial charge in [-0.1, -0.05) is 18.2 Å². The summed E-state index contributed by atoms with van der Waals surface area (Å²) in [6, 6.07) is 6.26. The molecule has 0 saturated carbocycles. The van der Waals surface area contributed by atoms with Crippen molar-refractivity contribution in [3.05, 3.63) is 51.9 Å². The highest BCUT2D eigenvalue weighted by atomic mass is 16.4. The standard InChI is InChI=1S/C20H22O6/c21-11-13(22)9-16(20(24)25)14-7-4-8-15-17(23)10-18(26-19(14)15)12-5-2-1-3-6-12/h4-5,7-8,10,13,16,21-22H,1-3,6,9,11H2,(H,24,25). The molecule has 2 unspecified atom stereocenters. The van der Waals surface area contributed by atoms with Gasteiger partial charge in [0, 0.05) is 11.6 Å². The Kier molecular flexibility index (Phi) is 5.54. The van der Waals surface area contributed by atoms with Crippen molar-refractivity contribution in [2.24, 2.45) is 0 Å². The van der Waals surface area contributed by atoms with Crippen LogP contribution in [-0.2, 0) is 4.79 Å². The quantitative estimate of drug-likeness (QED) is 0.733. The van der Waals surface area contributed by atoms with Crippen LogP contribution in [0.1, 0.15) is 49.3 Å². The summed E-state index contributed by atoms with van der Waals surface area (Å²) >= 11 is 0. The van der Waals surface area contributed by atoms with Crippen LogP contribution in [0.15, 0.2) is 39.6 Å². The second-order valence-corrected chi connectivity index (χ2v) is 6.64. The maximum Gasteiger partial charge on any atom is 0.311 e. The molecule has 0 spiro atoms. The molecule has 0 amide bonds. The first-order valence-electron chi connectivity index (χ1n) is 8.79. The molecule has 1 aliphatic rings. The van der Waals surface area contributed by atoms with Crippen LogP contribution < -0.4 is 5.43 Å². The molecule has 0 saturated heterocycles. The molecular formula is C20H22O6. The molecule has 26 heavy (non-hydrogen) atoms. The third-order valence-electron chi connectivity index (χ3n) is 4.78. The number of aliphatic hydroxyl groups excluding tert-OH is 2. The van der Waals surface area contributed by atoms with Crippen molar-refractivity contribution in [3.63, 3.8) is 0 Å². The lowest BCUT2D eigenvalue weighted by Crippen LogP contribution is -2.22. The van der Waals surface area contributed by atoms with Crippen molar-refractivity contribution in [1.29, 1.82) is 0 Å². The van der Waals surface area contributed by atoms with Crippen molar-refractivity contribution in [2.45, 2.75) is 44.1 Å². The number of hydrogen-bond acceptors (Lipinski definition) is 5. The zero-order chi connectivity index (χ0) is 18.7. The van der Waals surface area contributed by atoms with Gasteiger partial charge in [-0.2, -0.15) is 0 Å². The Hall–Kier alpha value is -2.44. The van der Waals surface area contributed by atoms with Gasteiger partial charge in [0.15, 0.2) is 5.43 Å². The minimum atomic E-state index is -1.16. The molecule has 0 fully saturated rings. The molecule has 3 rings (SSSR count). The first-order chi connectivity index (χ1) is 12.5. The predicted octanol–water partition coefficient (Wildman–Crippen LogP) is 2.66. The van der Waals surface area contributed by atoms with Gasteiger partial charge in [0.25, 0.3) is 0 Å². The molecule has 0 bridgehead atoms. The molecule has 3 N–H and O–H groups in total. The maximum absolute atomic E-state index is 12.5. The van der Waals surface area contributed by atoms with E-state index in [0.29, 0.717) is 16.7 Å². The summed E-state index contributed by atoms with van der Waals surface area (Å²) in [5.74, 6) is -1.75. The lowest BCUT2D eigenvalue weighted by atomic mass is 9.91. The van der Waals surface area contributed by atoms with E-state index in [4.69, 9.17) is 9.52 Å². The molecule has 6 nitrogen and oxygen atoms in total. The lowest BCUT2D eigenvalue weighted by molar-refractivity contribution is -0.139. The van der Waals surface area contributed by atoms with Crippen molar-refractivity contribution in [1.82, 2.24) is 0 Å². The first-order valence-corrected chi connectivity index (χ1v) is 8.79. The highest BCUT2D eigenvalue weighted by molar-refractivity contribution is 5.87. The highest BCUT2D eigenvalue weighted by Crippen LogP contribution is 2.32. The van der Waals surface area contributed by atoms with E-state index in [1.807, 2.05) is 0 Å². The summed E-state index contributed by atoms with van der Waals surface area (Å²) in [5, 5.41) is 28.7. The number of carboxylic acid groups (broad SMARTS) is 1. The number of aliphatic carboxylic acids is 1. The molecule has 0 aliphatic heterocycles. The number of para-hydroxylation sites is 1. The number of allylic oxidation sites excluding steroid dienone is 2. The van der Waals surface area contributed by atoms with Gasteiger partial charge in [0.1, 0.15) is 11.3 Å². The van der Waals surface area contributed by atoms with Crippen LogP contribution in [0.25, 0.3) is 16.5 Å². The zero-order valence-corrected chi connectivity index (χ0v) is 14.4. The fourth-order valence-corrected chi connectivity index (χ4v) is 3.40. The average Bonchev–Trinajstić information content (AvgIpc) is 2.66. The zero-order valence-electron chi connectivity index (χ0n) is 14.4. The van der Waals surface area contributed by atoms with Crippen molar-refractivity contribution < 1.29 is 24.5 Å². The second-order valence-electron chi connectivity index (χ2n) is 6.64. The Morgan fingerprint density at radius 3 is 2.73 bits per heavy atom. The number of carbonyl (C=O) groups is 1. The van der Waals surface area contributed by atoms with Crippen LogP contribution in [-0.4, -0.2) is 34.0 Å². The average molecular weight is 358 g/mol. The molecule has 138 valence electrons. The summed E-state index contributed by atoms with van der Waals surface area (Å²) in [4.78, 5) is 24.3. The largest absolute Gasteiger partial charge is 0.481 e. The van der Waals surface area contributed by atoms with E-state index in [-0.39, 0.29) is 17.4 Å². The third kappa shape index (κ3) is 3.71. The molecular weight excluding hydrogens is 336 g/mol. The predicted molar refractivity (Wildman–Crippen MR) is 97.0 cm³/mol. The molecule has 1 heterocycles. The summed E-state index contributed by atoms with van der Waals surface area (Å²) in [7, 11) is 0. The molecule has 1 aromatic carbocycles. The smallest absolute Gasteiger partial charge is 0.311 e. The highest BCUT2D eigenvalue weighted by Gasteiger charge is 2.27. The summed E-state index contributed by atoms with van der Waals surface area (Å²) < 4.78 is 5.98. The van der Waals surface area contributed by atoms with Gasteiger partial charge >= 0.3 is 5.97 Å². The Morgan fingerprint density at radius 2 is 2.08 bits per heavy atom. The van der Waals surface area contributed by atoms with E-state index in [2.05, 4.69) is 6.08 Å². The summed E-state index contributed by atoms with van der Waals surface area (Å²) in [6.45, 7) is -0.531. The van der Waals surface area contributed by atoms with Gasteiger partial charge in [-0.15, -0.1) is 0 Å². The van der Waals surface area contributed by atoms with Crippen LogP contribution in [0.3, 0.4) is 0 Å². The van der Waals surface area contributed by atoms with Crippen LogP contribution >= 0.6 is 0 Å². The Bertz CT molecular complexity index is 895. The van der Waals surface area contributed by atoms with Gasteiger partial charge in [-0.05, 0) is 43.7 Å². The fourth-order valence-electron chi connectivity index (χ4n) is 3.40. The topological polar surface area (TPSA) is 108 Å². The lowest BCUT2D eigenvalue weighted by Gasteiger charge is -2.18. The van der Waals surface area contributed by atoms with Gasteiger partial charge in [-0.3, -0.25) is 9.59 Å². The normalized spacial score (nSPS) is 16.9. The van der Waals surface area contributed by atoms with E-state index in [0.717, 1.165) is 31.3 Å². The molecule has 2 atom stereocenters. The SMILES string of the molecule is O=C(O)C(CC(O)CO)c1cccc2c(=O)cc(C3=CCCCC3)oc12.